The first-order valence-electron chi connectivity index (χ1n) is 6.49. The van der Waals surface area contributed by atoms with Gasteiger partial charge in [-0.15, -0.1) is 0 Å². The highest BCUT2D eigenvalue weighted by molar-refractivity contribution is 5.77. The first-order chi connectivity index (χ1) is 9.65. The zero-order valence-electron chi connectivity index (χ0n) is 11.4. The van der Waals surface area contributed by atoms with Gasteiger partial charge in [-0.25, -0.2) is 0 Å². The van der Waals surface area contributed by atoms with Gasteiger partial charge in [0.2, 0.25) is 0 Å². The van der Waals surface area contributed by atoms with Crippen LogP contribution < -0.4 is 5.43 Å². The minimum absolute atomic E-state index is 0.0894. The molecule has 1 heterocycles. The number of nitro groups is 1. The van der Waals surface area contributed by atoms with E-state index in [0.717, 1.165) is 11.3 Å². The Bertz CT molecular complexity index is 498. The molecule has 20 heavy (non-hydrogen) atoms. The predicted molar refractivity (Wildman–Crippen MR) is 76.5 cm³/mol. The van der Waals surface area contributed by atoms with Gasteiger partial charge in [0.15, 0.2) is 0 Å². The Balaban J connectivity index is 2.00. The van der Waals surface area contributed by atoms with Crippen molar-refractivity contribution >= 4 is 11.5 Å². The number of hydrazone groups is 1. The van der Waals surface area contributed by atoms with Gasteiger partial charge in [-0.2, -0.15) is 5.43 Å². The van der Waals surface area contributed by atoms with Crippen LogP contribution in [0.15, 0.2) is 29.4 Å². The molecule has 0 bridgehead atoms. The Hall–Kier alpha value is -1.99. The van der Waals surface area contributed by atoms with Gasteiger partial charge in [-0.3, -0.25) is 4.90 Å². The van der Waals surface area contributed by atoms with Crippen LogP contribution in [0.2, 0.25) is 0 Å². The van der Waals surface area contributed by atoms with Gasteiger partial charge < -0.3 is 14.9 Å². The summed E-state index contributed by atoms with van der Waals surface area (Å²) in [5, 5.41) is 15.0. The summed E-state index contributed by atoms with van der Waals surface area (Å²) in [6.45, 7) is 4.77. The first kappa shape index (κ1) is 14.4. The van der Waals surface area contributed by atoms with Gasteiger partial charge in [0.25, 0.3) is 0 Å². The molecular weight excluding hydrogens is 260 g/mol. The molecule has 7 nitrogen and oxygen atoms in total. The second-order valence-electron chi connectivity index (χ2n) is 4.65. The maximum absolute atomic E-state index is 11.0. The third-order valence-electron chi connectivity index (χ3n) is 3.01. The molecule has 1 aliphatic rings. The number of aryl methyl sites for hydroxylation is 1. The SMILES string of the molecule is Cc1cccc(N/N=C(/CN2CCOCC2)[N+](=O)[O-])c1. The lowest BCUT2D eigenvalue weighted by Gasteiger charge is -2.24. The lowest BCUT2D eigenvalue weighted by Crippen LogP contribution is -2.41. The van der Waals surface area contributed by atoms with E-state index in [1.807, 2.05) is 36.1 Å². The molecule has 0 unspecified atom stereocenters. The van der Waals surface area contributed by atoms with E-state index < -0.39 is 4.92 Å². The molecular formula is C13H18N4O3. The molecule has 1 fully saturated rings. The number of hydrogen-bond acceptors (Lipinski definition) is 6. The van der Waals surface area contributed by atoms with Crippen molar-refractivity contribution in [1.82, 2.24) is 4.90 Å². The quantitative estimate of drug-likeness (QED) is 0.389. The van der Waals surface area contributed by atoms with Crippen LogP contribution in [-0.2, 0) is 4.74 Å². The van der Waals surface area contributed by atoms with E-state index >= 15 is 0 Å². The molecule has 1 N–H and O–H groups in total. The van der Waals surface area contributed by atoms with Gasteiger partial charge in [0.05, 0.1) is 24.0 Å². The molecule has 0 aromatic heterocycles. The van der Waals surface area contributed by atoms with Crippen molar-refractivity contribution < 1.29 is 9.66 Å². The van der Waals surface area contributed by atoms with Crippen molar-refractivity contribution in [2.24, 2.45) is 5.10 Å². The van der Waals surface area contributed by atoms with Crippen molar-refractivity contribution in [2.45, 2.75) is 6.92 Å². The molecule has 0 spiro atoms. The zero-order chi connectivity index (χ0) is 14.4. The molecule has 1 saturated heterocycles. The zero-order valence-corrected chi connectivity index (χ0v) is 11.4. The van der Waals surface area contributed by atoms with Crippen LogP contribution in [0.3, 0.4) is 0 Å². The summed E-state index contributed by atoms with van der Waals surface area (Å²) in [5.41, 5.74) is 4.56. The number of rotatable bonds is 4. The highest BCUT2D eigenvalue weighted by atomic mass is 16.6. The average molecular weight is 278 g/mol. The standard InChI is InChI=1S/C13H18N4O3/c1-11-3-2-4-12(9-11)14-15-13(17(18)19)10-16-5-7-20-8-6-16/h2-4,9,14H,5-8,10H2,1H3/b15-13-. The average Bonchev–Trinajstić information content (AvgIpc) is 2.44. The second kappa shape index (κ2) is 6.97. The molecule has 0 atom stereocenters. The van der Waals surface area contributed by atoms with Crippen molar-refractivity contribution in [1.29, 1.82) is 0 Å². The largest absolute Gasteiger partial charge is 0.379 e. The maximum Gasteiger partial charge on any atom is 0.377 e. The van der Waals surface area contributed by atoms with E-state index in [0.29, 0.717) is 26.3 Å². The maximum atomic E-state index is 11.0. The summed E-state index contributed by atoms with van der Waals surface area (Å²) in [6.07, 6.45) is 0. The third-order valence-corrected chi connectivity index (χ3v) is 3.01. The molecule has 7 heteroatoms. The van der Waals surface area contributed by atoms with E-state index in [-0.39, 0.29) is 12.4 Å². The number of nitrogens with zero attached hydrogens (tertiary/aromatic N) is 3. The first-order valence-corrected chi connectivity index (χ1v) is 6.49. The molecule has 0 aliphatic carbocycles. The summed E-state index contributed by atoms with van der Waals surface area (Å²) in [6, 6.07) is 7.54. The van der Waals surface area contributed by atoms with Crippen LogP contribution in [-0.4, -0.2) is 48.5 Å². The molecule has 0 amide bonds. The summed E-state index contributed by atoms with van der Waals surface area (Å²) < 4.78 is 5.22. The van der Waals surface area contributed by atoms with Crippen molar-refractivity contribution in [3.05, 3.63) is 39.9 Å². The lowest BCUT2D eigenvalue weighted by molar-refractivity contribution is -0.353. The molecule has 2 rings (SSSR count). The molecule has 1 aliphatic heterocycles. The Morgan fingerprint density at radius 1 is 1.50 bits per heavy atom. The Kier molecular flexibility index (Phi) is 5.03. The Morgan fingerprint density at radius 2 is 2.25 bits per heavy atom. The second-order valence-corrected chi connectivity index (χ2v) is 4.65. The number of morpholine rings is 1. The number of amidine groups is 1. The highest BCUT2D eigenvalue weighted by Gasteiger charge is 2.20. The van der Waals surface area contributed by atoms with Crippen LogP contribution in [0.1, 0.15) is 5.56 Å². The molecule has 1 aromatic rings. The fraction of sp³-hybridized carbons (Fsp3) is 0.462. The Labute approximate surface area is 117 Å². The van der Waals surface area contributed by atoms with Crippen molar-refractivity contribution in [3.8, 4) is 0 Å². The summed E-state index contributed by atoms with van der Waals surface area (Å²) in [5.74, 6) is -0.0894. The molecule has 1 aromatic carbocycles. The molecule has 0 saturated carbocycles. The fourth-order valence-corrected chi connectivity index (χ4v) is 1.94. The molecule has 0 radical (unpaired) electrons. The minimum atomic E-state index is -0.446. The number of nitrogens with one attached hydrogen (secondary N) is 1. The Morgan fingerprint density at radius 3 is 2.90 bits per heavy atom. The van der Waals surface area contributed by atoms with Crippen LogP contribution in [0, 0.1) is 17.0 Å². The number of ether oxygens (including phenoxy) is 1. The minimum Gasteiger partial charge on any atom is -0.379 e. The third kappa shape index (κ3) is 4.29. The highest BCUT2D eigenvalue weighted by Crippen LogP contribution is 2.09. The van der Waals surface area contributed by atoms with E-state index in [4.69, 9.17) is 4.74 Å². The van der Waals surface area contributed by atoms with E-state index in [9.17, 15) is 10.1 Å². The normalized spacial score (nSPS) is 16.9. The lowest BCUT2D eigenvalue weighted by atomic mass is 10.2. The van der Waals surface area contributed by atoms with Crippen LogP contribution in [0.4, 0.5) is 5.69 Å². The smallest absolute Gasteiger partial charge is 0.377 e. The van der Waals surface area contributed by atoms with Gasteiger partial charge >= 0.3 is 5.84 Å². The summed E-state index contributed by atoms with van der Waals surface area (Å²) in [7, 11) is 0. The van der Waals surface area contributed by atoms with Gasteiger partial charge in [0.1, 0.15) is 6.54 Å². The van der Waals surface area contributed by atoms with E-state index in [1.165, 1.54) is 0 Å². The van der Waals surface area contributed by atoms with Crippen LogP contribution in [0.5, 0.6) is 0 Å². The fourth-order valence-electron chi connectivity index (χ4n) is 1.94. The van der Waals surface area contributed by atoms with E-state index in [2.05, 4.69) is 10.5 Å². The summed E-state index contributed by atoms with van der Waals surface area (Å²) >= 11 is 0. The van der Waals surface area contributed by atoms with Crippen molar-refractivity contribution in [3.63, 3.8) is 0 Å². The van der Waals surface area contributed by atoms with E-state index in [1.54, 1.807) is 0 Å². The topological polar surface area (TPSA) is 80.0 Å². The monoisotopic (exact) mass is 278 g/mol. The number of benzene rings is 1. The molecule has 108 valence electrons. The van der Waals surface area contributed by atoms with Gasteiger partial charge in [-0.1, -0.05) is 12.1 Å². The van der Waals surface area contributed by atoms with Crippen LogP contribution >= 0.6 is 0 Å². The summed E-state index contributed by atoms with van der Waals surface area (Å²) in [4.78, 5) is 12.6. The van der Waals surface area contributed by atoms with Crippen molar-refractivity contribution in [2.75, 3.05) is 38.3 Å². The van der Waals surface area contributed by atoms with Gasteiger partial charge in [0, 0.05) is 13.1 Å². The van der Waals surface area contributed by atoms with Gasteiger partial charge in [-0.05, 0) is 29.5 Å². The van der Waals surface area contributed by atoms with Crippen LogP contribution in [0.25, 0.3) is 0 Å². The number of hydrogen-bond donors (Lipinski definition) is 1. The number of anilines is 1. The predicted octanol–water partition coefficient (Wildman–Crippen LogP) is 1.33.